The maximum Gasteiger partial charge on any atom is 0.257 e. The lowest BCUT2D eigenvalue weighted by Gasteiger charge is -2.29. The summed E-state index contributed by atoms with van der Waals surface area (Å²) in [5.74, 6) is -1.28. The van der Waals surface area contributed by atoms with Crippen LogP contribution in [0.25, 0.3) is 0 Å². The standard InChI is InChI=1S/C27H33F2NO5/c1-2-5-20-16-19(18-10-12-27(28,29)13-11-18)8-9-23(20)34-15-4-14-33-22-7-3-6-21(17-22)24-25(31)30-26(32)35-24/h3,6-9,16-18,24,26,32H,2,4-5,10-15H2,1H3,(H,30,31). The van der Waals surface area contributed by atoms with Crippen LogP contribution in [0.4, 0.5) is 8.78 Å². The summed E-state index contributed by atoms with van der Waals surface area (Å²) < 4.78 is 44.1. The molecule has 6 nitrogen and oxygen atoms in total. The highest BCUT2D eigenvalue weighted by Gasteiger charge is 2.35. The molecule has 2 aliphatic rings. The van der Waals surface area contributed by atoms with Crippen LogP contribution in [0.15, 0.2) is 42.5 Å². The van der Waals surface area contributed by atoms with E-state index in [1.54, 1.807) is 24.3 Å². The lowest BCUT2D eigenvalue weighted by atomic mass is 9.81. The number of aliphatic hydroxyl groups is 1. The number of benzene rings is 2. The molecule has 2 N–H and O–H groups in total. The van der Waals surface area contributed by atoms with Gasteiger partial charge in [-0.3, -0.25) is 4.79 Å². The van der Waals surface area contributed by atoms with Crippen molar-refractivity contribution in [3.63, 3.8) is 0 Å². The van der Waals surface area contributed by atoms with E-state index < -0.39 is 24.3 Å². The van der Waals surface area contributed by atoms with E-state index in [0.717, 1.165) is 29.7 Å². The Morgan fingerprint density at radius 3 is 2.57 bits per heavy atom. The fourth-order valence-corrected chi connectivity index (χ4v) is 4.68. The number of alkyl halides is 2. The van der Waals surface area contributed by atoms with Gasteiger partial charge < -0.3 is 24.6 Å². The maximum absolute atomic E-state index is 13.5. The summed E-state index contributed by atoms with van der Waals surface area (Å²) in [6, 6.07) is 13.2. The van der Waals surface area contributed by atoms with Crippen molar-refractivity contribution in [2.45, 2.75) is 76.2 Å². The Morgan fingerprint density at radius 1 is 1.09 bits per heavy atom. The average molecular weight is 490 g/mol. The van der Waals surface area contributed by atoms with Crippen molar-refractivity contribution in [2.24, 2.45) is 0 Å². The van der Waals surface area contributed by atoms with Gasteiger partial charge in [-0.1, -0.05) is 37.6 Å². The molecule has 2 unspecified atom stereocenters. The van der Waals surface area contributed by atoms with E-state index in [1.165, 1.54) is 0 Å². The topological polar surface area (TPSA) is 77.0 Å². The van der Waals surface area contributed by atoms with Crippen molar-refractivity contribution in [2.75, 3.05) is 13.2 Å². The molecule has 1 saturated heterocycles. The van der Waals surface area contributed by atoms with Gasteiger partial charge in [0.1, 0.15) is 11.5 Å². The van der Waals surface area contributed by atoms with Crippen molar-refractivity contribution >= 4 is 5.91 Å². The molecule has 1 heterocycles. The first-order valence-corrected chi connectivity index (χ1v) is 12.3. The fourth-order valence-electron chi connectivity index (χ4n) is 4.68. The molecule has 1 aliphatic carbocycles. The summed E-state index contributed by atoms with van der Waals surface area (Å²) in [6.45, 7) is 3.02. The molecule has 1 amide bonds. The second kappa shape index (κ2) is 11.4. The Morgan fingerprint density at radius 2 is 1.86 bits per heavy atom. The van der Waals surface area contributed by atoms with Gasteiger partial charge in [-0.25, -0.2) is 8.78 Å². The largest absolute Gasteiger partial charge is 0.493 e. The third kappa shape index (κ3) is 6.70. The first kappa shape index (κ1) is 25.4. The van der Waals surface area contributed by atoms with Crippen LogP contribution in [-0.4, -0.2) is 36.6 Å². The van der Waals surface area contributed by atoms with Crippen LogP contribution < -0.4 is 14.8 Å². The molecule has 4 rings (SSSR count). The van der Waals surface area contributed by atoms with E-state index in [9.17, 15) is 18.7 Å². The minimum atomic E-state index is -2.52. The first-order chi connectivity index (χ1) is 16.8. The number of halogens is 2. The van der Waals surface area contributed by atoms with E-state index in [-0.39, 0.29) is 18.8 Å². The maximum atomic E-state index is 13.5. The predicted octanol–water partition coefficient (Wildman–Crippen LogP) is 5.24. The molecule has 35 heavy (non-hydrogen) atoms. The van der Waals surface area contributed by atoms with Crippen molar-refractivity contribution in [1.82, 2.24) is 5.32 Å². The van der Waals surface area contributed by atoms with Crippen LogP contribution in [0, 0.1) is 0 Å². The molecular formula is C27H33F2NO5. The summed E-state index contributed by atoms with van der Waals surface area (Å²) in [4.78, 5) is 11.9. The van der Waals surface area contributed by atoms with Crippen molar-refractivity contribution in [1.29, 1.82) is 0 Å². The van der Waals surface area contributed by atoms with E-state index in [4.69, 9.17) is 14.2 Å². The molecule has 2 atom stereocenters. The summed E-state index contributed by atoms with van der Waals surface area (Å²) in [5, 5.41) is 11.7. The number of carbonyl (C=O) groups excluding carboxylic acids is 1. The SMILES string of the molecule is CCCc1cc(C2CCC(F)(F)CC2)ccc1OCCCOc1cccc(C2OC(O)NC2=O)c1. The lowest BCUT2D eigenvalue weighted by Crippen LogP contribution is -2.25. The zero-order valence-electron chi connectivity index (χ0n) is 20.0. The van der Waals surface area contributed by atoms with E-state index >= 15 is 0 Å². The van der Waals surface area contributed by atoms with E-state index in [1.807, 2.05) is 12.1 Å². The van der Waals surface area contributed by atoms with E-state index in [0.29, 0.717) is 43.8 Å². The lowest BCUT2D eigenvalue weighted by molar-refractivity contribution is -0.126. The third-order valence-electron chi connectivity index (χ3n) is 6.54. The average Bonchev–Trinajstić information content (AvgIpc) is 3.18. The quantitative estimate of drug-likeness (QED) is 0.446. The van der Waals surface area contributed by atoms with Crippen LogP contribution in [-0.2, 0) is 16.0 Å². The number of aryl methyl sites for hydroxylation is 1. The molecule has 0 spiro atoms. The number of ether oxygens (including phenoxy) is 3. The van der Waals surface area contributed by atoms with Crippen molar-refractivity contribution in [3.8, 4) is 11.5 Å². The van der Waals surface area contributed by atoms with E-state index in [2.05, 4.69) is 18.3 Å². The van der Waals surface area contributed by atoms with Crippen LogP contribution in [0.2, 0.25) is 0 Å². The van der Waals surface area contributed by atoms with Gasteiger partial charge in [0.05, 0.1) is 13.2 Å². The first-order valence-electron chi connectivity index (χ1n) is 12.3. The Bertz CT molecular complexity index is 1000. The van der Waals surface area contributed by atoms with Crippen LogP contribution in [0.1, 0.15) is 74.2 Å². The molecule has 2 aromatic carbocycles. The highest BCUT2D eigenvalue weighted by molar-refractivity contribution is 5.83. The monoisotopic (exact) mass is 489 g/mol. The van der Waals surface area contributed by atoms with Crippen molar-refractivity contribution in [3.05, 3.63) is 59.2 Å². The molecule has 8 heteroatoms. The van der Waals surface area contributed by atoms with Crippen LogP contribution in [0.3, 0.4) is 0 Å². The highest BCUT2D eigenvalue weighted by atomic mass is 19.3. The molecular weight excluding hydrogens is 456 g/mol. The summed E-state index contributed by atoms with van der Waals surface area (Å²) in [5.41, 5.74) is 2.86. The Balaban J connectivity index is 1.27. The second-order valence-electron chi connectivity index (χ2n) is 9.25. The van der Waals surface area contributed by atoms with Gasteiger partial charge in [-0.15, -0.1) is 0 Å². The third-order valence-corrected chi connectivity index (χ3v) is 6.54. The Kier molecular flexibility index (Phi) is 8.23. The van der Waals surface area contributed by atoms with Gasteiger partial charge in [0.25, 0.3) is 5.91 Å². The van der Waals surface area contributed by atoms with Gasteiger partial charge in [-0.05, 0) is 60.1 Å². The fraction of sp³-hybridized carbons (Fsp3) is 0.519. The number of hydrogen-bond donors (Lipinski definition) is 2. The minimum absolute atomic E-state index is 0.0369. The van der Waals surface area contributed by atoms with Gasteiger partial charge in [0.15, 0.2) is 6.10 Å². The number of nitrogens with one attached hydrogen (secondary N) is 1. The molecule has 1 saturated carbocycles. The number of amides is 1. The summed E-state index contributed by atoms with van der Waals surface area (Å²) >= 11 is 0. The Hall–Kier alpha value is -2.71. The molecule has 0 radical (unpaired) electrons. The molecule has 2 aromatic rings. The zero-order chi connectivity index (χ0) is 24.8. The number of carbonyl (C=O) groups is 1. The highest BCUT2D eigenvalue weighted by Crippen LogP contribution is 2.41. The molecule has 0 bridgehead atoms. The van der Waals surface area contributed by atoms with Crippen LogP contribution in [0.5, 0.6) is 11.5 Å². The summed E-state index contributed by atoms with van der Waals surface area (Å²) in [6.07, 6.45) is 1.33. The zero-order valence-corrected chi connectivity index (χ0v) is 20.0. The number of aliphatic hydroxyl groups excluding tert-OH is 1. The second-order valence-corrected chi connectivity index (χ2v) is 9.25. The van der Waals surface area contributed by atoms with Crippen molar-refractivity contribution < 1.29 is 32.9 Å². The predicted molar refractivity (Wildman–Crippen MR) is 127 cm³/mol. The Labute approximate surface area is 204 Å². The molecule has 190 valence electrons. The van der Waals surface area contributed by atoms with Crippen LogP contribution >= 0.6 is 0 Å². The van der Waals surface area contributed by atoms with Gasteiger partial charge in [-0.2, -0.15) is 0 Å². The summed E-state index contributed by atoms with van der Waals surface area (Å²) in [7, 11) is 0. The van der Waals surface area contributed by atoms with Gasteiger partial charge in [0, 0.05) is 19.3 Å². The number of rotatable bonds is 10. The van der Waals surface area contributed by atoms with Gasteiger partial charge >= 0.3 is 0 Å². The normalized spacial score (nSPS) is 22.1. The molecule has 1 aliphatic heterocycles. The number of hydrogen-bond acceptors (Lipinski definition) is 5. The smallest absolute Gasteiger partial charge is 0.257 e. The van der Waals surface area contributed by atoms with Gasteiger partial charge in [0.2, 0.25) is 12.3 Å². The minimum Gasteiger partial charge on any atom is -0.493 e. The molecule has 2 fully saturated rings. The molecule has 0 aromatic heterocycles.